The highest BCUT2D eigenvalue weighted by atomic mass is 32.1. The number of carboxylic acids is 1. The molecule has 6 nitrogen and oxygen atoms in total. The van der Waals surface area contributed by atoms with E-state index in [1.165, 1.54) is 11.3 Å². The molecule has 1 heterocycles. The maximum Gasteiger partial charge on any atom is 0.326 e. The van der Waals surface area contributed by atoms with Crippen LogP contribution in [0.25, 0.3) is 0 Å². The molecule has 0 aromatic carbocycles. The molecule has 128 valence electrons. The lowest BCUT2D eigenvalue weighted by atomic mass is 10.1. The summed E-state index contributed by atoms with van der Waals surface area (Å²) in [5.41, 5.74) is 0.322. The van der Waals surface area contributed by atoms with Crippen LogP contribution in [0.4, 0.5) is 5.00 Å². The Bertz CT molecular complexity index is 581. The number of amides is 2. The summed E-state index contributed by atoms with van der Waals surface area (Å²) in [4.78, 5) is 36.4. The number of hydrogen-bond acceptors (Lipinski definition) is 4. The number of carbonyl (C=O) groups is 3. The topological polar surface area (TPSA) is 95.5 Å². The van der Waals surface area contributed by atoms with Crippen molar-refractivity contribution in [3.05, 3.63) is 16.5 Å². The van der Waals surface area contributed by atoms with Crippen molar-refractivity contribution in [1.29, 1.82) is 0 Å². The number of carbonyl (C=O) groups excluding carboxylic acids is 2. The van der Waals surface area contributed by atoms with Crippen molar-refractivity contribution in [2.75, 3.05) is 5.32 Å². The number of carboxylic acid groups (broad SMARTS) is 1. The number of aryl methyl sites for hydroxylation is 1. The molecule has 0 aliphatic rings. The van der Waals surface area contributed by atoms with Crippen molar-refractivity contribution in [2.24, 2.45) is 5.92 Å². The molecule has 0 fully saturated rings. The van der Waals surface area contributed by atoms with E-state index in [1.54, 1.807) is 19.9 Å². The highest BCUT2D eigenvalue weighted by molar-refractivity contribution is 7.16. The Labute approximate surface area is 140 Å². The summed E-state index contributed by atoms with van der Waals surface area (Å²) in [6, 6.07) is 0.784. The third-order valence-electron chi connectivity index (χ3n) is 3.32. The van der Waals surface area contributed by atoms with E-state index in [-0.39, 0.29) is 11.8 Å². The standard InChI is InChI=1S/C16H24N2O4S/c1-5-7-12(16(21)22)17-14(20)11-8-10(6-2)23-15(11)18-13(19)9(3)4/h8-9,12H,5-7H2,1-4H3,(H,17,20)(H,18,19)(H,21,22). The van der Waals surface area contributed by atoms with Crippen LogP contribution < -0.4 is 10.6 Å². The monoisotopic (exact) mass is 340 g/mol. The molecule has 0 aliphatic carbocycles. The summed E-state index contributed by atoms with van der Waals surface area (Å²) in [6.45, 7) is 7.35. The summed E-state index contributed by atoms with van der Waals surface area (Å²) < 4.78 is 0. The van der Waals surface area contributed by atoms with E-state index >= 15 is 0 Å². The minimum Gasteiger partial charge on any atom is -0.480 e. The molecule has 1 atom stereocenters. The van der Waals surface area contributed by atoms with Crippen molar-refractivity contribution >= 4 is 34.1 Å². The molecule has 0 bridgehead atoms. The van der Waals surface area contributed by atoms with Crippen molar-refractivity contribution in [1.82, 2.24) is 5.32 Å². The predicted molar refractivity (Wildman–Crippen MR) is 91.0 cm³/mol. The summed E-state index contributed by atoms with van der Waals surface area (Å²) in [5, 5.41) is 14.9. The average molecular weight is 340 g/mol. The van der Waals surface area contributed by atoms with E-state index in [9.17, 15) is 14.4 Å². The molecule has 23 heavy (non-hydrogen) atoms. The lowest BCUT2D eigenvalue weighted by Gasteiger charge is -2.14. The maximum atomic E-state index is 12.4. The van der Waals surface area contributed by atoms with Gasteiger partial charge in [-0.3, -0.25) is 9.59 Å². The highest BCUT2D eigenvalue weighted by Crippen LogP contribution is 2.29. The van der Waals surface area contributed by atoms with E-state index in [2.05, 4.69) is 10.6 Å². The van der Waals surface area contributed by atoms with Gasteiger partial charge in [-0.05, 0) is 18.9 Å². The van der Waals surface area contributed by atoms with E-state index in [1.807, 2.05) is 13.8 Å². The maximum absolute atomic E-state index is 12.4. The van der Waals surface area contributed by atoms with Gasteiger partial charge < -0.3 is 15.7 Å². The third-order valence-corrected chi connectivity index (χ3v) is 4.51. The Morgan fingerprint density at radius 3 is 2.39 bits per heavy atom. The van der Waals surface area contributed by atoms with Crippen LogP contribution in [-0.4, -0.2) is 28.9 Å². The molecule has 1 unspecified atom stereocenters. The molecule has 0 saturated carbocycles. The SMILES string of the molecule is CCCC(NC(=O)c1cc(CC)sc1NC(=O)C(C)C)C(=O)O. The van der Waals surface area contributed by atoms with Crippen LogP contribution in [0.1, 0.15) is 55.8 Å². The molecule has 1 rings (SSSR count). The van der Waals surface area contributed by atoms with E-state index in [0.29, 0.717) is 23.4 Å². The highest BCUT2D eigenvalue weighted by Gasteiger charge is 2.23. The Hall–Kier alpha value is -1.89. The van der Waals surface area contributed by atoms with Crippen molar-refractivity contribution < 1.29 is 19.5 Å². The quantitative estimate of drug-likeness (QED) is 0.678. The van der Waals surface area contributed by atoms with Gasteiger partial charge in [0.1, 0.15) is 11.0 Å². The van der Waals surface area contributed by atoms with E-state index in [4.69, 9.17) is 5.11 Å². The fourth-order valence-electron chi connectivity index (χ4n) is 1.92. The molecule has 7 heteroatoms. The molecular weight excluding hydrogens is 316 g/mol. The first-order chi connectivity index (χ1) is 10.8. The zero-order chi connectivity index (χ0) is 17.6. The van der Waals surface area contributed by atoms with Gasteiger partial charge >= 0.3 is 5.97 Å². The van der Waals surface area contributed by atoms with Crippen molar-refractivity contribution in [2.45, 2.75) is 53.0 Å². The minimum absolute atomic E-state index is 0.174. The predicted octanol–water partition coefficient (Wildman–Crippen LogP) is 2.89. The van der Waals surface area contributed by atoms with Crippen LogP contribution in [0.3, 0.4) is 0 Å². The summed E-state index contributed by atoms with van der Waals surface area (Å²) >= 11 is 1.34. The molecule has 0 spiro atoms. The van der Waals surface area contributed by atoms with Gasteiger partial charge in [-0.1, -0.05) is 34.1 Å². The lowest BCUT2D eigenvalue weighted by molar-refractivity contribution is -0.139. The number of nitrogens with one attached hydrogen (secondary N) is 2. The fourth-order valence-corrected chi connectivity index (χ4v) is 2.91. The van der Waals surface area contributed by atoms with Crippen molar-refractivity contribution in [3.63, 3.8) is 0 Å². The van der Waals surface area contributed by atoms with Gasteiger partial charge in [0.05, 0.1) is 5.56 Å². The van der Waals surface area contributed by atoms with E-state index in [0.717, 1.165) is 11.3 Å². The molecule has 0 radical (unpaired) electrons. The first-order valence-electron chi connectivity index (χ1n) is 7.77. The van der Waals surface area contributed by atoms with Crippen molar-refractivity contribution in [3.8, 4) is 0 Å². The van der Waals surface area contributed by atoms with Gasteiger partial charge in [-0.2, -0.15) is 0 Å². The van der Waals surface area contributed by atoms with Crippen LogP contribution in [-0.2, 0) is 16.0 Å². The second kappa shape index (κ2) is 8.67. The van der Waals surface area contributed by atoms with Gasteiger partial charge in [-0.15, -0.1) is 11.3 Å². The molecule has 0 saturated heterocycles. The summed E-state index contributed by atoms with van der Waals surface area (Å²) in [7, 11) is 0. The van der Waals surface area contributed by atoms with E-state index < -0.39 is 17.9 Å². The number of hydrogen-bond donors (Lipinski definition) is 3. The molecule has 3 N–H and O–H groups in total. The fraction of sp³-hybridized carbons (Fsp3) is 0.562. The zero-order valence-electron chi connectivity index (χ0n) is 13.9. The van der Waals surface area contributed by atoms with Crippen LogP contribution in [0.2, 0.25) is 0 Å². The first kappa shape index (κ1) is 19.2. The lowest BCUT2D eigenvalue weighted by Crippen LogP contribution is -2.40. The van der Waals surface area contributed by atoms with Crippen LogP contribution in [0, 0.1) is 5.92 Å². The largest absolute Gasteiger partial charge is 0.480 e. The number of thiophene rings is 1. The molecular formula is C16H24N2O4S. The van der Waals surface area contributed by atoms with Crippen LogP contribution in [0.5, 0.6) is 0 Å². The number of anilines is 1. The van der Waals surface area contributed by atoms with Gasteiger partial charge in [-0.25, -0.2) is 4.79 Å². The average Bonchev–Trinajstić information content (AvgIpc) is 2.89. The smallest absolute Gasteiger partial charge is 0.326 e. The third kappa shape index (κ3) is 5.35. The normalized spacial score (nSPS) is 12.0. The summed E-state index contributed by atoms with van der Waals surface area (Å²) in [6.07, 6.45) is 1.75. The number of rotatable bonds is 8. The number of aliphatic carboxylic acids is 1. The van der Waals surface area contributed by atoms with Gasteiger partial charge in [0.15, 0.2) is 0 Å². The Morgan fingerprint density at radius 1 is 1.26 bits per heavy atom. The van der Waals surface area contributed by atoms with Gasteiger partial charge in [0.25, 0.3) is 5.91 Å². The second-order valence-electron chi connectivity index (χ2n) is 5.61. The van der Waals surface area contributed by atoms with Gasteiger partial charge in [0.2, 0.25) is 5.91 Å². The second-order valence-corrected chi connectivity index (χ2v) is 6.74. The minimum atomic E-state index is -1.06. The molecule has 2 amide bonds. The molecule has 1 aromatic rings. The zero-order valence-corrected chi connectivity index (χ0v) is 14.8. The Balaban J connectivity index is 3.00. The van der Waals surface area contributed by atoms with Gasteiger partial charge in [0, 0.05) is 10.8 Å². The Kier molecular flexibility index (Phi) is 7.22. The van der Waals surface area contributed by atoms with Crippen LogP contribution >= 0.6 is 11.3 Å². The first-order valence-corrected chi connectivity index (χ1v) is 8.58. The molecule has 1 aromatic heterocycles. The Morgan fingerprint density at radius 2 is 1.91 bits per heavy atom. The molecule has 0 aliphatic heterocycles. The van der Waals surface area contributed by atoms with Crippen LogP contribution in [0.15, 0.2) is 6.07 Å². The summed E-state index contributed by atoms with van der Waals surface area (Å²) in [5.74, 6) is -1.91.